The molecule has 0 unspecified atom stereocenters. The number of benzene rings is 2. The Morgan fingerprint density at radius 1 is 1.03 bits per heavy atom. The number of nitrogens with one attached hydrogen (secondary N) is 1. The molecule has 170 valence electrons. The van der Waals surface area contributed by atoms with E-state index in [1.807, 2.05) is 51.8 Å². The Morgan fingerprint density at radius 2 is 1.61 bits per heavy atom. The van der Waals surface area contributed by atoms with Crippen LogP contribution in [0.2, 0.25) is 0 Å². The van der Waals surface area contributed by atoms with Gasteiger partial charge in [-0.15, -0.1) is 0 Å². The maximum atomic E-state index is 12.5. The van der Waals surface area contributed by atoms with Gasteiger partial charge < -0.3 is 10.1 Å². The third-order valence-corrected chi connectivity index (χ3v) is 6.94. The van der Waals surface area contributed by atoms with Gasteiger partial charge in [-0.25, -0.2) is 8.42 Å². The van der Waals surface area contributed by atoms with Gasteiger partial charge in [-0.3, -0.25) is 9.69 Å². The van der Waals surface area contributed by atoms with E-state index < -0.39 is 10.0 Å². The fourth-order valence-electron chi connectivity index (χ4n) is 3.01. The van der Waals surface area contributed by atoms with E-state index in [1.54, 1.807) is 19.2 Å². The van der Waals surface area contributed by atoms with E-state index in [4.69, 9.17) is 4.74 Å². The molecule has 0 heterocycles. The molecule has 0 atom stereocenters. The molecule has 0 aliphatic carbocycles. The number of nitrogens with zero attached hydrogens (tertiary/aromatic N) is 2. The van der Waals surface area contributed by atoms with Crippen LogP contribution in [-0.4, -0.2) is 63.4 Å². The van der Waals surface area contributed by atoms with Gasteiger partial charge in [0.05, 0.1) is 11.4 Å². The number of rotatable bonds is 10. The van der Waals surface area contributed by atoms with Crippen LogP contribution in [0.3, 0.4) is 0 Å². The summed E-state index contributed by atoms with van der Waals surface area (Å²) in [5.41, 5.74) is 2.85. The van der Waals surface area contributed by atoms with E-state index in [2.05, 4.69) is 11.4 Å². The normalized spacial score (nSPS) is 11.9. The molecule has 0 aliphatic heterocycles. The summed E-state index contributed by atoms with van der Waals surface area (Å²) in [5.74, 6) is 0.650. The third kappa shape index (κ3) is 7.34. The zero-order valence-corrected chi connectivity index (χ0v) is 20.0. The van der Waals surface area contributed by atoms with E-state index >= 15 is 0 Å². The summed E-state index contributed by atoms with van der Waals surface area (Å²) >= 11 is 0. The van der Waals surface area contributed by atoms with Gasteiger partial charge in [0, 0.05) is 25.3 Å². The molecular weight excluding hydrogens is 414 g/mol. The molecular formula is C23H33N3O4S. The zero-order valence-electron chi connectivity index (χ0n) is 19.2. The number of sulfonamides is 1. The van der Waals surface area contributed by atoms with Crippen LogP contribution in [0.15, 0.2) is 47.4 Å². The Morgan fingerprint density at radius 3 is 2.16 bits per heavy atom. The van der Waals surface area contributed by atoms with Gasteiger partial charge in [-0.1, -0.05) is 6.07 Å². The van der Waals surface area contributed by atoms with E-state index in [9.17, 15) is 13.2 Å². The number of carbonyl (C=O) groups excluding carboxylic acids is 1. The quantitative estimate of drug-likeness (QED) is 0.605. The van der Waals surface area contributed by atoms with Crippen LogP contribution in [0, 0.1) is 13.8 Å². The summed E-state index contributed by atoms with van der Waals surface area (Å²) in [7, 11) is -0.143. The summed E-state index contributed by atoms with van der Waals surface area (Å²) in [6.45, 7) is 8.96. The molecule has 0 aromatic heterocycles. The Bertz CT molecular complexity index is 968. The summed E-state index contributed by atoms with van der Waals surface area (Å²) in [5, 5.41) is 2.80. The van der Waals surface area contributed by atoms with Crippen molar-refractivity contribution in [3.63, 3.8) is 0 Å². The Labute approximate surface area is 186 Å². The average Bonchev–Trinajstić information content (AvgIpc) is 2.66. The van der Waals surface area contributed by atoms with Crippen LogP contribution in [0.1, 0.15) is 25.0 Å². The Balaban J connectivity index is 1.83. The lowest BCUT2D eigenvalue weighted by atomic mass is 10.1. The number of likely N-dealkylation sites (N-methyl/N-ethyl adjacent to an activating group) is 1. The van der Waals surface area contributed by atoms with Crippen molar-refractivity contribution in [2.24, 2.45) is 0 Å². The van der Waals surface area contributed by atoms with Gasteiger partial charge in [0.2, 0.25) is 15.9 Å². The molecule has 0 saturated carbocycles. The smallest absolute Gasteiger partial charge is 0.243 e. The fraction of sp³-hybridized carbons (Fsp3) is 0.435. The lowest BCUT2D eigenvalue weighted by Gasteiger charge is -2.21. The predicted octanol–water partition coefficient (Wildman–Crippen LogP) is 3.28. The summed E-state index contributed by atoms with van der Waals surface area (Å²) in [4.78, 5) is 14.4. The molecule has 0 bridgehead atoms. The first-order valence-corrected chi connectivity index (χ1v) is 11.7. The van der Waals surface area contributed by atoms with E-state index in [0.717, 1.165) is 16.9 Å². The average molecular weight is 448 g/mol. The third-order valence-electron chi connectivity index (χ3n) is 4.89. The number of carbonyl (C=O) groups is 1. The summed E-state index contributed by atoms with van der Waals surface area (Å²) in [6.07, 6.45) is 0. The predicted molar refractivity (Wildman–Crippen MR) is 124 cm³/mol. The maximum absolute atomic E-state index is 12.5. The van der Waals surface area contributed by atoms with E-state index in [1.165, 1.54) is 16.4 Å². The van der Waals surface area contributed by atoms with Gasteiger partial charge in [0.1, 0.15) is 12.4 Å². The monoisotopic (exact) mass is 447 g/mol. The number of amides is 1. The van der Waals surface area contributed by atoms with Crippen molar-refractivity contribution < 1.29 is 17.9 Å². The summed E-state index contributed by atoms with van der Waals surface area (Å²) < 4.78 is 32.1. The molecule has 31 heavy (non-hydrogen) atoms. The Hall–Kier alpha value is -2.42. The molecule has 2 aromatic rings. The first kappa shape index (κ1) is 24.8. The van der Waals surface area contributed by atoms with Gasteiger partial charge in [-0.2, -0.15) is 4.31 Å². The molecule has 0 aliphatic rings. The highest BCUT2D eigenvalue weighted by Crippen LogP contribution is 2.19. The van der Waals surface area contributed by atoms with Gasteiger partial charge >= 0.3 is 0 Å². The molecule has 8 heteroatoms. The highest BCUT2D eigenvalue weighted by atomic mass is 32.2. The van der Waals surface area contributed by atoms with Crippen molar-refractivity contribution in [3.8, 4) is 5.75 Å². The highest BCUT2D eigenvalue weighted by molar-refractivity contribution is 7.89. The van der Waals surface area contributed by atoms with Crippen molar-refractivity contribution in [3.05, 3.63) is 53.6 Å². The minimum Gasteiger partial charge on any atom is -0.492 e. The van der Waals surface area contributed by atoms with Crippen molar-refractivity contribution in [2.45, 2.75) is 38.6 Å². The largest absolute Gasteiger partial charge is 0.492 e. The first-order chi connectivity index (χ1) is 14.5. The SMILES string of the molecule is Cc1cc(C)cc(OCCN(C)CC(=O)Nc2ccc(S(=O)(=O)N(C)C(C)C)cc2)c1. The lowest BCUT2D eigenvalue weighted by molar-refractivity contribution is -0.117. The fourth-order valence-corrected chi connectivity index (χ4v) is 4.38. The number of hydrogen-bond acceptors (Lipinski definition) is 5. The second-order valence-electron chi connectivity index (χ2n) is 8.10. The van der Waals surface area contributed by atoms with Gasteiger partial charge in [0.15, 0.2) is 0 Å². The van der Waals surface area contributed by atoms with Crippen molar-refractivity contribution in [1.29, 1.82) is 0 Å². The molecule has 7 nitrogen and oxygen atoms in total. The maximum Gasteiger partial charge on any atom is 0.243 e. The van der Waals surface area contributed by atoms with Gasteiger partial charge in [-0.05, 0) is 82.3 Å². The molecule has 0 radical (unpaired) electrons. The van der Waals surface area contributed by atoms with E-state index in [-0.39, 0.29) is 23.4 Å². The van der Waals surface area contributed by atoms with Crippen LogP contribution in [-0.2, 0) is 14.8 Å². The number of hydrogen-bond donors (Lipinski definition) is 1. The molecule has 0 spiro atoms. The topological polar surface area (TPSA) is 79.0 Å². The molecule has 0 fully saturated rings. The highest BCUT2D eigenvalue weighted by Gasteiger charge is 2.22. The van der Waals surface area contributed by atoms with Crippen LogP contribution in [0.5, 0.6) is 5.75 Å². The molecule has 1 amide bonds. The molecule has 1 N–H and O–H groups in total. The van der Waals surface area contributed by atoms with Crippen LogP contribution < -0.4 is 10.1 Å². The van der Waals surface area contributed by atoms with Crippen molar-refractivity contribution in [1.82, 2.24) is 9.21 Å². The standard InChI is InChI=1S/C23H33N3O4S/c1-17(2)26(6)31(28,29)22-9-7-20(8-10-22)24-23(27)16-25(5)11-12-30-21-14-18(3)13-19(4)15-21/h7-10,13-15,17H,11-12,16H2,1-6H3,(H,24,27). The lowest BCUT2D eigenvalue weighted by Crippen LogP contribution is -2.33. The minimum atomic E-state index is -3.54. The second-order valence-corrected chi connectivity index (χ2v) is 10.1. The second kappa shape index (κ2) is 10.7. The van der Waals surface area contributed by atoms with Crippen LogP contribution >= 0.6 is 0 Å². The molecule has 2 rings (SSSR count). The zero-order chi connectivity index (χ0) is 23.2. The van der Waals surface area contributed by atoms with Crippen molar-refractivity contribution in [2.75, 3.05) is 39.1 Å². The van der Waals surface area contributed by atoms with E-state index in [0.29, 0.717) is 18.8 Å². The molecule has 0 saturated heterocycles. The number of anilines is 1. The first-order valence-electron chi connectivity index (χ1n) is 10.3. The van der Waals surface area contributed by atoms with Crippen LogP contribution in [0.4, 0.5) is 5.69 Å². The molecule has 2 aromatic carbocycles. The van der Waals surface area contributed by atoms with Crippen LogP contribution in [0.25, 0.3) is 0 Å². The number of ether oxygens (including phenoxy) is 1. The van der Waals surface area contributed by atoms with Crippen molar-refractivity contribution >= 4 is 21.6 Å². The van der Waals surface area contributed by atoms with Gasteiger partial charge in [0.25, 0.3) is 0 Å². The Kier molecular flexibility index (Phi) is 8.61. The number of aryl methyl sites for hydroxylation is 2. The minimum absolute atomic E-state index is 0.140. The summed E-state index contributed by atoms with van der Waals surface area (Å²) in [6, 6.07) is 12.1.